The van der Waals surface area contributed by atoms with E-state index in [1.165, 1.54) is 0 Å². The van der Waals surface area contributed by atoms with Crippen molar-refractivity contribution in [2.45, 2.75) is 47.0 Å². The Labute approximate surface area is 105 Å². The van der Waals surface area contributed by atoms with Gasteiger partial charge in [-0.05, 0) is 19.8 Å². The lowest BCUT2D eigenvalue weighted by Crippen LogP contribution is -2.38. The molecular weight excluding hydrogens is 214 g/mol. The van der Waals surface area contributed by atoms with E-state index in [-0.39, 0.29) is 5.78 Å². The van der Waals surface area contributed by atoms with Crippen molar-refractivity contribution in [3.63, 3.8) is 0 Å². The van der Waals surface area contributed by atoms with Gasteiger partial charge in [-0.2, -0.15) is 0 Å². The number of allylic oxidation sites excluding steroid dienone is 3. The molecule has 0 aliphatic carbocycles. The van der Waals surface area contributed by atoms with Gasteiger partial charge in [0.25, 0.3) is 0 Å². The predicted molar refractivity (Wildman–Crippen MR) is 71.8 cm³/mol. The summed E-state index contributed by atoms with van der Waals surface area (Å²) in [5.74, 6) is 0.138. The second kappa shape index (κ2) is 8.82. The van der Waals surface area contributed by atoms with Crippen molar-refractivity contribution in [2.24, 2.45) is 0 Å². The molecule has 1 rings (SSSR count). The third-order valence-corrected chi connectivity index (χ3v) is 2.38. The third kappa shape index (κ3) is 4.61. The Balaban J connectivity index is 0.00000121. The quantitative estimate of drug-likeness (QED) is 0.699. The van der Waals surface area contributed by atoms with E-state index in [1.807, 2.05) is 25.8 Å². The lowest BCUT2D eigenvalue weighted by atomic mass is 10.1. The van der Waals surface area contributed by atoms with Crippen LogP contribution < -0.4 is 11.0 Å². The number of carbonyl (C=O) groups is 1. The SMILES string of the molecule is C=CCCC(=O)C1=C(C)N(CCC)NN1.CC. The summed E-state index contributed by atoms with van der Waals surface area (Å²) >= 11 is 0. The summed E-state index contributed by atoms with van der Waals surface area (Å²) in [6.07, 6.45) is 4.05. The van der Waals surface area contributed by atoms with Crippen molar-refractivity contribution in [3.8, 4) is 0 Å². The van der Waals surface area contributed by atoms with E-state index in [0.29, 0.717) is 12.1 Å². The Morgan fingerprint density at radius 2 is 2.12 bits per heavy atom. The molecule has 2 N–H and O–H groups in total. The number of nitrogens with zero attached hydrogens (tertiary/aromatic N) is 1. The number of Topliss-reactive ketones (excluding diaryl/α,β-unsaturated/α-hetero) is 1. The number of rotatable bonds is 6. The summed E-state index contributed by atoms with van der Waals surface area (Å²) < 4.78 is 0. The normalized spacial score (nSPS) is 14.0. The van der Waals surface area contributed by atoms with Gasteiger partial charge in [0, 0.05) is 13.0 Å². The smallest absolute Gasteiger partial charge is 0.182 e. The van der Waals surface area contributed by atoms with E-state index in [2.05, 4.69) is 24.5 Å². The highest BCUT2D eigenvalue weighted by atomic mass is 16.1. The zero-order chi connectivity index (χ0) is 13.3. The fourth-order valence-corrected chi connectivity index (χ4v) is 1.51. The summed E-state index contributed by atoms with van der Waals surface area (Å²) in [5, 5.41) is 1.96. The highest BCUT2D eigenvalue weighted by molar-refractivity contribution is 5.95. The maximum absolute atomic E-state index is 11.7. The number of hydrogen-bond acceptors (Lipinski definition) is 4. The van der Waals surface area contributed by atoms with Gasteiger partial charge in [-0.3, -0.25) is 15.2 Å². The predicted octanol–water partition coefficient (Wildman–Crippen LogP) is 2.51. The third-order valence-electron chi connectivity index (χ3n) is 2.38. The van der Waals surface area contributed by atoms with Crippen LogP contribution in [-0.4, -0.2) is 17.3 Å². The molecule has 4 nitrogen and oxygen atoms in total. The molecule has 17 heavy (non-hydrogen) atoms. The monoisotopic (exact) mass is 239 g/mol. The molecule has 98 valence electrons. The summed E-state index contributed by atoms with van der Waals surface area (Å²) in [4.78, 5) is 11.7. The van der Waals surface area contributed by atoms with Crippen LogP contribution in [0.25, 0.3) is 0 Å². The molecule has 1 heterocycles. The Bertz CT molecular complexity index is 284. The van der Waals surface area contributed by atoms with Gasteiger partial charge in [-0.25, -0.2) is 0 Å². The summed E-state index contributed by atoms with van der Waals surface area (Å²) in [6.45, 7) is 12.6. The lowest BCUT2D eigenvalue weighted by molar-refractivity contribution is -0.115. The molecule has 0 bridgehead atoms. The number of hydrazine groups is 2. The Hall–Kier alpha value is -1.29. The highest BCUT2D eigenvalue weighted by Gasteiger charge is 2.21. The van der Waals surface area contributed by atoms with Crippen molar-refractivity contribution in [2.75, 3.05) is 6.54 Å². The summed E-state index contributed by atoms with van der Waals surface area (Å²) in [7, 11) is 0. The molecular formula is C13H25N3O. The van der Waals surface area contributed by atoms with Crippen LogP contribution in [0.4, 0.5) is 0 Å². The average molecular weight is 239 g/mol. The summed E-state index contributed by atoms with van der Waals surface area (Å²) in [6, 6.07) is 0. The Morgan fingerprint density at radius 1 is 1.47 bits per heavy atom. The van der Waals surface area contributed by atoms with Crippen LogP contribution in [0.2, 0.25) is 0 Å². The van der Waals surface area contributed by atoms with Crippen LogP contribution in [0, 0.1) is 0 Å². The first-order chi connectivity index (χ1) is 8.20. The first kappa shape index (κ1) is 15.7. The van der Waals surface area contributed by atoms with Crippen LogP contribution >= 0.6 is 0 Å². The van der Waals surface area contributed by atoms with E-state index in [0.717, 1.165) is 25.1 Å². The molecule has 1 aliphatic rings. The maximum atomic E-state index is 11.7. The van der Waals surface area contributed by atoms with Crippen molar-refractivity contribution in [1.29, 1.82) is 0 Å². The summed E-state index contributed by atoms with van der Waals surface area (Å²) in [5.41, 5.74) is 7.56. The van der Waals surface area contributed by atoms with Crippen LogP contribution in [0.3, 0.4) is 0 Å². The average Bonchev–Trinajstić information content (AvgIpc) is 2.71. The molecule has 0 spiro atoms. The van der Waals surface area contributed by atoms with E-state index in [1.54, 1.807) is 6.08 Å². The lowest BCUT2D eigenvalue weighted by Gasteiger charge is -2.17. The van der Waals surface area contributed by atoms with Gasteiger partial charge in [0.2, 0.25) is 0 Å². The van der Waals surface area contributed by atoms with Gasteiger partial charge >= 0.3 is 0 Å². The molecule has 0 aromatic carbocycles. The molecule has 0 unspecified atom stereocenters. The zero-order valence-electron chi connectivity index (χ0n) is 11.5. The minimum Gasteiger partial charge on any atom is -0.299 e. The van der Waals surface area contributed by atoms with Gasteiger partial charge in [-0.1, -0.05) is 26.8 Å². The van der Waals surface area contributed by atoms with Gasteiger partial charge in [0.1, 0.15) is 5.70 Å². The van der Waals surface area contributed by atoms with Gasteiger partial charge in [0.15, 0.2) is 5.78 Å². The van der Waals surface area contributed by atoms with Crippen molar-refractivity contribution in [3.05, 3.63) is 24.0 Å². The first-order valence-electron chi connectivity index (χ1n) is 6.34. The van der Waals surface area contributed by atoms with E-state index in [9.17, 15) is 4.79 Å². The largest absolute Gasteiger partial charge is 0.299 e. The molecule has 0 saturated carbocycles. The minimum atomic E-state index is 0.138. The minimum absolute atomic E-state index is 0.138. The van der Waals surface area contributed by atoms with Crippen molar-refractivity contribution < 1.29 is 4.79 Å². The van der Waals surface area contributed by atoms with Crippen LogP contribution in [0.15, 0.2) is 24.0 Å². The zero-order valence-corrected chi connectivity index (χ0v) is 11.5. The van der Waals surface area contributed by atoms with Crippen LogP contribution in [-0.2, 0) is 4.79 Å². The molecule has 0 aromatic heterocycles. The van der Waals surface area contributed by atoms with Crippen molar-refractivity contribution >= 4 is 5.78 Å². The Kier molecular flexibility index (Phi) is 8.15. The molecule has 4 heteroatoms. The molecule has 0 radical (unpaired) electrons. The van der Waals surface area contributed by atoms with Crippen molar-refractivity contribution in [1.82, 2.24) is 16.0 Å². The topological polar surface area (TPSA) is 44.4 Å². The molecule has 0 amide bonds. The number of hydrogen-bond donors (Lipinski definition) is 2. The van der Waals surface area contributed by atoms with Gasteiger partial charge in [0.05, 0.1) is 5.70 Å². The van der Waals surface area contributed by atoms with E-state index in [4.69, 9.17) is 0 Å². The van der Waals surface area contributed by atoms with Gasteiger partial charge < -0.3 is 0 Å². The molecule has 0 saturated heterocycles. The number of carbonyl (C=O) groups excluding carboxylic acids is 1. The fourth-order valence-electron chi connectivity index (χ4n) is 1.51. The maximum Gasteiger partial charge on any atom is 0.182 e. The molecule has 1 aliphatic heterocycles. The Morgan fingerprint density at radius 3 is 2.65 bits per heavy atom. The fraction of sp³-hybridized carbons (Fsp3) is 0.615. The second-order valence-corrected chi connectivity index (χ2v) is 3.60. The van der Waals surface area contributed by atoms with Crippen LogP contribution in [0.1, 0.15) is 47.0 Å². The molecule has 0 fully saturated rings. The molecule has 0 atom stereocenters. The van der Waals surface area contributed by atoms with E-state index >= 15 is 0 Å². The number of ketones is 1. The second-order valence-electron chi connectivity index (χ2n) is 3.60. The van der Waals surface area contributed by atoms with E-state index < -0.39 is 0 Å². The number of nitrogens with one attached hydrogen (secondary N) is 2. The molecule has 0 aromatic rings. The standard InChI is InChI=1S/C11H19N3O.C2H6/c1-4-6-7-10(15)11-9(3)14(8-5-2)13-12-11;1-2/h4,12-13H,1,5-8H2,2-3H3;1-2H3. The van der Waals surface area contributed by atoms with Crippen LogP contribution in [0.5, 0.6) is 0 Å². The van der Waals surface area contributed by atoms with Gasteiger partial charge in [-0.15, -0.1) is 12.1 Å². The highest BCUT2D eigenvalue weighted by Crippen LogP contribution is 2.14. The first-order valence-corrected chi connectivity index (χ1v) is 6.34.